The molecule has 154 valence electrons. The first-order chi connectivity index (χ1) is 13.8. The van der Waals surface area contributed by atoms with Crippen LogP contribution in [0.5, 0.6) is 0 Å². The van der Waals surface area contributed by atoms with Gasteiger partial charge < -0.3 is 15.1 Å². The highest BCUT2D eigenvalue weighted by Crippen LogP contribution is 2.31. The Morgan fingerprint density at radius 1 is 1.24 bits per heavy atom. The lowest BCUT2D eigenvalue weighted by Gasteiger charge is -2.18. The molecule has 1 atom stereocenters. The minimum absolute atomic E-state index is 0. The van der Waals surface area contributed by atoms with Gasteiger partial charge in [-0.15, -0.1) is 35.3 Å². The normalized spacial score (nSPS) is 20.0. The summed E-state index contributed by atoms with van der Waals surface area (Å²) < 4.78 is 7.19. The lowest BCUT2D eigenvalue weighted by molar-refractivity contribution is 0.321. The van der Waals surface area contributed by atoms with Gasteiger partial charge in [-0.25, -0.2) is 4.98 Å². The standard InChI is InChI=1S/C21H25N5OS.HI/c1-22-21(24-14-10-11-26(13-14)15-6-7-15)23-12-16-8-9-18(27-16)20-25-17-4-2-3-5-19(17)28-20;/h2-5,8-9,14-15H,6-7,10-13H2,1H3,(H2,22,23,24);1H. The van der Waals surface area contributed by atoms with Crippen LogP contribution >= 0.6 is 35.3 Å². The average Bonchev–Trinajstić information content (AvgIpc) is 3.11. The molecule has 8 heteroatoms. The number of guanidine groups is 1. The van der Waals surface area contributed by atoms with Crippen molar-refractivity contribution < 1.29 is 4.42 Å². The monoisotopic (exact) mass is 523 g/mol. The molecule has 2 aliphatic rings. The molecule has 1 aromatic carbocycles. The van der Waals surface area contributed by atoms with E-state index in [1.807, 2.05) is 37.4 Å². The maximum absolute atomic E-state index is 6.02. The van der Waals surface area contributed by atoms with Crippen molar-refractivity contribution in [3.63, 3.8) is 0 Å². The van der Waals surface area contributed by atoms with Crippen LogP contribution in [0, 0.1) is 0 Å². The van der Waals surface area contributed by atoms with Crippen molar-refractivity contribution in [3.05, 3.63) is 42.2 Å². The number of likely N-dealkylation sites (tertiary alicyclic amines) is 1. The van der Waals surface area contributed by atoms with E-state index in [4.69, 9.17) is 4.42 Å². The Hall–Kier alpha value is -1.65. The summed E-state index contributed by atoms with van der Waals surface area (Å²) in [5, 5.41) is 7.84. The zero-order chi connectivity index (χ0) is 18.9. The molecule has 1 saturated carbocycles. The number of benzene rings is 1. The molecule has 1 saturated heterocycles. The van der Waals surface area contributed by atoms with Crippen LogP contribution in [0.1, 0.15) is 25.0 Å². The molecule has 1 aliphatic carbocycles. The number of nitrogens with zero attached hydrogens (tertiary/aromatic N) is 3. The van der Waals surface area contributed by atoms with Crippen LogP contribution in [-0.4, -0.2) is 48.1 Å². The number of nitrogens with one attached hydrogen (secondary N) is 2. The van der Waals surface area contributed by atoms with Crippen LogP contribution in [-0.2, 0) is 6.54 Å². The molecule has 3 heterocycles. The Morgan fingerprint density at radius 3 is 2.90 bits per heavy atom. The fourth-order valence-electron chi connectivity index (χ4n) is 3.80. The molecule has 3 aromatic rings. The van der Waals surface area contributed by atoms with E-state index in [2.05, 4.69) is 31.6 Å². The Morgan fingerprint density at radius 2 is 2.10 bits per heavy atom. The summed E-state index contributed by atoms with van der Waals surface area (Å²) in [5.41, 5.74) is 1.01. The number of hydrogen-bond acceptors (Lipinski definition) is 5. The van der Waals surface area contributed by atoms with Crippen LogP contribution in [0.3, 0.4) is 0 Å². The molecule has 29 heavy (non-hydrogen) atoms. The van der Waals surface area contributed by atoms with Gasteiger partial charge in [-0.2, -0.15) is 0 Å². The van der Waals surface area contributed by atoms with Gasteiger partial charge in [-0.3, -0.25) is 9.89 Å². The van der Waals surface area contributed by atoms with Gasteiger partial charge >= 0.3 is 0 Å². The number of aromatic nitrogens is 1. The van der Waals surface area contributed by atoms with Crippen molar-refractivity contribution in [3.8, 4) is 10.8 Å². The Bertz CT molecular complexity index is 963. The minimum Gasteiger partial charge on any atom is -0.457 e. The highest BCUT2D eigenvalue weighted by Gasteiger charge is 2.34. The second kappa shape index (κ2) is 9.01. The number of aliphatic imine (C=N–C) groups is 1. The van der Waals surface area contributed by atoms with Crippen molar-refractivity contribution >= 4 is 51.5 Å². The summed E-state index contributed by atoms with van der Waals surface area (Å²) in [6, 6.07) is 13.5. The molecule has 2 N–H and O–H groups in total. The van der Waals surface area contributed by atoms with Crippen LogP contribution in [0.2, 0.25) is 0 Å². The minimum atomic E-state index is 0. The number of fused-ring (bicyclic) bond motifs is 1. The van der Waals surface area contributed by atoms with Crippen molar-refractivity contribution in [1.82, 2.24) is 20.5 Å². The van der Waals surface area contributed by atoms with Gasteiger partial charge in [0, 0.05) is 32.2 Å². The topological polar surface area (TPSA) is 65.7 Å². The second-order valence-electron chi connectivity index (χ2n) is 7.53. The first-order valence-corrected chi connectivity index (χ1v) is 10.8. The van der Waals surface area contributed by atoms with E-state index in [9.17, 15) is 0 Å². The molecule has 0 amide bonds. The molecule has 2 aromatic heterocycles. The van der Waals surface area contributed by atoms with Gasteiger partial charge in [0.15, 0.2) is 16.7 Å². The predicted octanol–water partition coefficient (Wildman–Crippen LogP) is 4.08. The maximum atomic E-state index is 6.02. The highest BCUT2D eigenvalue weighted by molar-refractivity contribution is 14.0. The number of thiazole rings is 1. The second-order valence-corrected chi connectivity index (χ2v) is 8.57. The van der Waals surface area contributed by atoms with Crippen molar-refractivity contribution in [2.45, 2.75) is 37.9 Å². The van der Waals surface area contributed by atoms with E-state index in [1.54, 1.807) is 11.3 Å². The quantitative estimate of drug-likeness (QED) is 0.300. The van der Waals surface area contributed by atoms with Gasteiger partial charge in [0.1, 0.15) is 5.76 Å². The predicted molar refractivity (Wildman–Crippen MR) is 129 cm³/mol. The average molecular weight is 523 g/mol. The molecule has 1 unspecified atom stereocenters. The molecule has 6 nitrogen and oxygen atoms in total. The summed E-state index contributed by atoms with van der Waals surface area (Å²) in [7, 11) is 1.82. The number of furan rings is 1. The third-order valence-corrected chi connectivity index (χ3v) is 6.49. The lowest BCUT2D eigenvalue weighted by atomic mass is 10.3. The molecule has 0 bridgehead atoms. The summed E-state index contributed by atoms with van der Waals surface area (Å²) in [6.45, 7) is 2.92. The van der Waals surface area contributed by atoms with Crippen LogP contribution in [0.4, 0.5) is 0 Å². The molecule has 1 aliphatic heterocycles. The zero-order valence-corrected chi connectivity index (χ0v) is 19.6. The van der Waals surface area contributed by atoms with E-state index < -0.39 is 0 Å². The van der Waals surface area contributed by atoms with Gasteiger partial charge in [-0.05, 0) is 43.5 Å². The zero-order valence-electron chi connectivity index (χ0n) is 16.4. The smallest absolute Gasteiger partial charge is 0.191 e. The molecule has 0 spiro atoms. The van der Waals surface area contributed by atoms with Crippen molar-refractivity contribution in [2.75, 3.05) is 20.1 Å². The molecular formula is C21H26IN5OS. The summed E-state index contributed by atoms with van der Waals surface area (Å²) >= 11 is 1.66. The maximum Gasteiger partial charge on any atom is 0.191 e. The van der Waals surface area contributed by atoms with Crippen LogP contribution in [0.15, 0.2) is 45.8 Å². The molecular weight excluding hydrogens is 497 g/mol. The third kappa shape index (κ3) is 4.75. The summed E-state index contributed by atoms with van der Waals surface area (Å²) in [6.07, 6.45) is 3.92. The van der Waals surface area contributed by atoms with E-state index in [0.717, 1.165) is 40.6 Å². The Kier molecular flexibility index (Phi) is 6.41. The summed E-state index contributed by atoms with van der Waals surface area (Å²) in [5.74, 6) is 2.53. The first kappa shape index (κ1) is 20.6. The fraction of sp³-hybridized carbons (Fsp3) is 0.429. The Balaban J connectivity index is 0.00000205. The number of rotatable bonds is 5. The van der Waals surface area contributed by atoms with E-state index in [1.165, 1.54) is 30.5 Å². The Labute approximate surface area is 191 Å². The highest BCUT2D eigenvalue weighted by atomic mass is 127. The fourth-order valence-corrected chi connectivity index (χ4v) is 4.73. The number of para-hydroxylation sites is 1. The van der Waals surface area contributed by atoms with Crippen molar-refractivity contribution in [1.29, 1.82) is 0 Å². The van der Waals surface area contributed by atoms with Gasteiger partial charge in [0.25, 0.3) is 0 Å². The van der Waals surface area contributed by atoms with E-state index in [0.29, 0.717) is 12.6 Å². The molecule has 0 radical (unpaired) electrons. The van der Waals surface area contributed by atoms with Crippen molar-refractivity contribution in [2.24, 2.45) is 4.99 Å². The van der Waals surface area contributed by atoms with E-state index in [-0.39, 0.29) is 24.0 Å². The number of hydrogen-bond donors (Lipinski definition) is 2. The third-order valence-electron chi connectivity index (χ3n) is 5.44. The SMILES string of the molecule is CN=C(NCc1ccc(-c2nc3ccccc3s2)o1)NC1CCN(C2CC2)C1.I. The first-order valence-electron chi connectivity index (χ1n) is 9.94. The van der Waals surface area contributed by atoms with Crippen LogP contribution < -0.4 is 10.6 Å². The van der Waals surface area contributed by atoms with Gasteiger partial charge in [0.05, 0.1) is 16.8 Å². The lowest BCUT2D eigenvalue weighted by Crippen LogP contribution is -2.44. The van der Waals surface area contributed by atoms with E-state index >= 15 is 0 Å². The molecule has 2 fully saturated rings. The van der Waals surface area contributed by atoms with Gasteiger partial charge in [0.2, 0.25) is 0 Å². The van der Waals surface area contributed by atoms with Gasteiger partial charge in [-0.1, -0.05) is 12.1 Å². The summed E-state index contributed by atoms with van der Waals surface area (Å²) in [4.78, 5) is 11.6. The largest absolute Gasteiger partial charge is 0.457 e. The molecule has 5 rings (SSSR count). The van der Waals surface area contributed by atoms with Crippen LogP contribution in [0.25, 0.3) is 21.0 Å². The number of halogens is 1.